The Morgan fingerprint density at radius 3 is 2.18 bits per heavy atom. The molecule has 1 aliphatic rings. The number of allylic oxidation sites excluding steroid dienone is 1. The Morgan fingerprint density at radius 1 is 0.939 bits per heavy atom. The van der Waals surface area contributed by atoms with E-state index in [-0.39, 0.29) is 46.6 Å². The molecule has 1 aliphatic carbocycles. The van der Waals surface area contributed by atoms with Crippen LogP contribution in [0.25, 0.3) is 0 Å². The lowest BCUT2D eigenvalue weighted by Gasteiger charge is -2.21. The number of phenolic OH excluding ortho intramolecular Hbond substituents is 2. The molecule has 4 rings (SSSR count). The smallest absolute Gasteiger partial charge is 0.331 e. The fourth-order valence-electron chi connectivity index (χ4n) is 3.71. The Labute approximate surface area is 194 Å². The van der Waals surface area contributed by atoms with Crippen molar-refractivity contribution in [2.45, 2.75) is 18.2 Å². The molecule has 0 aliphatic heterocycles. The van der Waals surface area contributed by atoms with E-state index in [1.54, 1.807) is 19.1 Å². The molecule has 0 saturated heterocycles. The van der Waals surface area contributed by atoms with Crippen LogP contribution in [0, 0.1) is 0 Å². The van der Waals surface area contributed by atoms with Crippen molar-refractivity contribution in [1.29, 1.82) is 0 Å². The number of carbonyl (C=O) groups is 3. The number of rotatable bonds is 6. The maximum absolute atomic E-state index is 13.1. The van der Waals surface area contributed by atoms with Gasteiger partial charge in [-0.15, -0.1) is 0 Å². The molecule has 0 spiro atoms. The molecule has 0 saturated carbocycles. The maximum Gasteiger partial charge on any atom is 0.331 e. The van der Waals surface area contributed by atoms with Crippen LogP contribution < -0.4 is 0 Å². The fourth-order valence-corrected chi connectivity index (χ4v) is 4.69. The summed E-state index contributed by atoms with van der Waals surface area (Å²) in [6, 6.07) is 16.9. The second-order valence-corrected chi connectivity index (χ2v) is 8.51. The number of ketones is 2. The molecule has 0 atom stereocenters. The number of fused-ring (bicyclic) bond motifs is 2. The molecule has 33 heavy (non-hydrogen) atoms. The number of hydrogen-bond donors (Lipinski definition) is 2. The van der Waals surface area contributed by atoms with Crippen LogP contribution in [-0.4, -0.2) is 34.4 Å². The van der Waals surface area contributed by atoms with Crippen LogP contribution in [0.15, 0.2) is 76.5 Å². The minimum atomic E-state index is -0.544. The molecule has 0 amide bonds. The second-order valence-electron chi connectivity index (χ2n) is 7.31. The fraction of sp³-hybridized carbons (Fsp3) is 0.115. The monoisotopic (exact) mass is 460 g/mol. The molecule has 0 aromatic heterocycles. The van der Waals surface area contributed by atoms with Gasteiger partial charge in [-0.1, -0.05) is 54.2 Å². The van der Waals surface area contributed by atoms with E-state index >= 15 is 0 Å². The number of esters is 1. The van der Waals surface area contributed by atoms with Crippen molar-refractivity contribution in [2.75, 3.05) is 6.61 Å². The largest absolute Gasteiger partial charge is 0.507 e. The first-order valence-corrected chi connectivity index (χ1v) is 11.1. The molecule has 0 unspecified atom stereocenters. The first-order valence-electron chi connectivity index (χ1n) is 10.3. The van der Waals surface area contributed by atoms with Gasteiger partial charge >= 0.3 is 5.97 Å². The number of phenols is 2. The van der Waals surface area contributed by atoms with Crippen LogP contribution in [0.2, 0.25) is 0 Å². The van der Waals surface area contributed by atoms with Crippen LogP contribution in [0.5, 0.6) is 11.5 Å². The van der Waals surface area contributed by atoms with Crippen molar-refractivity contribution in [1.82, 2.24) is 0 Å². The highest BCUT2D eigenvalue weighted by atomic mass is 32.2. The van der Waals surface area contributed by atoms with E-state index in [4.69, 9.17) is 4.74 Å². The third kappa shape index (κ3) is 4.40. The topological polar surface area (TPSA) is 101 Å². The van der Waals surface area contributed by atoms with Gasteiger partial charge in [0.05, 0.1) is 17.7 Å². The minimum absolute atomic E-state index is 0.0359. The van der Waals surface area contributed by atoms with Crippen LogP contribution >= 0.6 is 11.8 Å². The zero-order valence-electron chi connectivity index (χ0n) is 17.7. The summed E-state index contributed by atoms with van der Waals surface area (Å²) in [5, 5.41) is 21.6. The van der Waals surface area contributed by atoms with Crippen LogP contribution in [-0.2, 0) is 16.0 Å². The molecule has 6 nitrogen and oxygen atoms in total. The number of ether oxygens (including phenoxy) is 1. The van der Waals surface area contributed by atoms with E-state index in [0.717, 1.165) is 4.90 Å². The highest BCUT2D eigenvalue weighted by molar-refractivity contribution is 8.03. The van der Waals surface area contributed by atoms with Gasteiger partial charge < -0.3 is 14.9 Å². The van der Waals surface area contributed by atoms with Crippen LogP contribution in [0.1, 0.15) is 44.3 Å². The van der Waals surface area contributed by atoms with Crippen molar-refractivity contribution in [2.24, 2.45) is 0 Å². The van der Waals surface area contributed by atoms with Gasteiger partial charge in [0.1, 0.15) is 11.5 Å². The molecular formula is C26H20O6S. The number of aromatic hydroxyl groups is 2. The third-order valence-electron chi connectivity index (χ3n) is 5.15. The molecule has 3 aromatic rings. The van der Waals surface area contributed by atoms with E-state index in [2.05, 4.69) is 0 Å². The summed E-state index contributed by atoms with van der Waals surface area (Å²) in [4.78, 5) is 39.5. The summed E-state index contributed by atoms with van der Waals surface area (Å²) in [6.07, 6.45) is 1.35. The van der Waals surface area contributed by atoms with E-state index in [0.29, 0.717) is 4.91 Å². The van der Waals surface area contributed by atoms with Gasteiger partial charge in [0.15, 0.2) is 11.6 Å². The average Bonchev–Trinajstić information content (AvgIpc) is 2.80. The summed E-state index contributed by atoms with van der Waals surface area (Å²) < 4.78 is 5.02. The van der Waals surface area contributed by atoms with Crippen molar-refractivity contribution in [3.05, 3.63) is 99.5 Å². The molecule has 2 N–H and O–H groups in total. The van der Waals surface area contributed by atoms with Gasteiger partial charge in [-0.05, 0) is 25.1 Å². The lowest BCUT2D eigenvalue weighted by molar-refractivity contribution is -0.137. The summed E-state index contributed by atoms with van der Waals surface area (Å²) >= 11 is 1.30. The second kappa shape index (κ2) is 9.34. The lowest BCUT2D eigenvalue weighted by atomic mass is 9.82. The molecular weight excluding hydrogens is 440 g/mol. The predicted molar refractivity (Wildman–Crippen MR) is 124 cm³/mol. The van der Waals surface area contributed by atoms with E-state index in [1.165, 1.54) is 36.0 Å². The van der Waals surface area contributed by atoms with E-state index < -0.39 is 23.3 Å². The van der Waals surface area contributed by atoms with Crippen molar-refractivity contribution < 1.29 is 29.3 Å². The molecule has 0 radical (unpaired) electrons. The maximum atomic E-state index is 13.1. The average molecular weight is 461 g/mol. The van der Waals surface area contributed by atoms with Gasteiger partial charge in [-0.2, -0.15) is 0 Å². The normalized spacial score (nSPS) is 12.8. The SMILES string of the molecule is CCOC(=O)/C=C(\Cc1cc(O)c2c(c1O)C(=O)c1ccccc1C2=O)Sc1ccccc1. The summed E-state index contributed by atoms with van der Waals surface area (Å²) in [7, 11) is 0. The first-order chi connectivity index (χ1) is 15.9. The molecule has 3 aromatic carbocycles. The predicted octanol–water partition coefficient (Wildman–Crippen LogP) is 4.66. The number of benzene rings is 3. The highest BCUT2D eigenvalue weighted by Gasteiger charge is 2.35. The summed E-state index contributed by atoms with van der Waals surface area (Å²) in [5.74, 6) is -2.40. The standard InChI is InChI=1S/C26H20O6S/c1-2-32-21(28)14-17(33-16-8-4-3-5-9-16)12-15-13-20(27)22-23(24(15)29)26(31)19-11-7-6-10-18(19)25(22)30/h3-11,13-14,27,29H,2,12H2,1H3/b17-14+. The molecule has 166 valence electrons. The van der Waals surface area contributed by atoms with Gasteiger partial charge in [0.2, 0.25) is 0 Å². The number of carbonyl (C=O) groups excluding carboxylic acids is 3. The van der Waals surface area contributed by atoms with E-state index in [9.17, 15) is 24.6 Å². The Bertz CT molecular complexity index is 1290. The summed E-state index contributed by atoms with van der Waals surface area (Å²) in [6.45, 7) is 1.91. The van der Waals surface area contributed by atoms with Gasteiger partial charge in [-0.25, -0.2) is 4.79 Å². The molecule has 0 heterocycles. The van der Waals surface area contributed by atoms with Crippen LogP contribution in [0.3, 0.4) is 0 Å². The van der Waals surface area contributed by atoms with Gasteiger partial charge in [0, 0.05) is 39.0 Å². The van der Waals surface area contributed by atoms with Gasteiger partial charge in [0.25, 0.3) is 0 Å². The van der Waals surface area contributed by atoms with Crippen molar-refractivity contribution >= 4 is 29.3 Å². The third-order valence-corrected chi connectivity index (χ3v) is 6.18. The molecule has 0 fully saturated rings. The Balaban J connectivity index is 1.77. The quantitative estimate of drug-likeness (QED) is 0.187. The Kier molecular flexibility index (Phi) is 6.33. The Morgan fingerprint density at radius 2 is 1.55 bits per heavy atom. The summed E-state index contributed by atoms with van der Waals surface area (Å²) in [5.41, 5.74) is 0.119. The minimum Gasteiger partial charge on any atom is -0.507 e. The number of hydrogen-bond acceptors (Lipinski definition) is 7. The zero-order valence-corrected chi connectivity index (χ0v) is 18.5. The van der Waals surface area contributed by atoms with E-state index in [1.807, 2.05) is 30.3 Å². The first kappa shape index (κ1) is 22.4. The lowest BCUT2D eigenvalue weighted by Crippen LogP contribution is -2.21. The molecule has 0 bridgehead atoms. The van der Waals surface area contributed by atoms with Crippen LogP contribution in [0.4, 0.5) is 0 Å². The Hall–Kier alpha value is -3.84. The van der Waals surface area contributed by atoms with Gasteiger partial charge in [-0.3, -0.25) is 9.59 Å². The molecule has 7 heteroatoms. The van der Waals surface area contributed by atoms with Crippen molar-refractivity contribution in [3.8, 4) is 11.5 Å². The number of thioether (sulfide) groups is 1. The van der Waals surface area contributed by atoms with Crippen molar-refractivity contribution in [3.63, 3.8) is 0 Å². The highest BCUT2D eigenvalue weighted by Crippen LogP contribution is 2.42. The zero-order chi connectivity index (χ0) is 23.5.